The number of pyridine rings is 1. The number of hydrogen-bond acceptors (Lipinski definition) is 1. The molecule has 8 rings (SSSR count). The lowest BCUT2D eigenvalue weighted by Gasteiger charge is -2.16. The van der Waals surface area contributed by atoms with Gasteiger partial charge in [-0.2, -0.15) is 0 Å². The second-order valence-corrected chi connectivity index (χ2v) is 9.57. The Labute approximate surface area is 214 Å². The molecule has 8 aromatic rings. The summed E-state index contributed by atoms with van der Waals surface area (Å²) >= 11 is 0. The first-order valence-electron chi connectivity index (χ1n) is 12.7. The van der Waals surface area contributed by atoms with Crippen LogP contribution in [0.5, 0.6) is 0 Å². The second-order valence-electron chi connectivity index (χ2n) is 9.57. The van der Waals surface area contributed by atoms with E-state index in [9.17, 15) is 0 Å². The third-order valence-corrected chi connectivity index (χ3v) is 7.60. The van der Waals surface area contributed by atoms with Crippen molar-refractivity contribution in [1.29, 1.82) is 0 Å². The first-order valence-corrected chi connectivity index (χ1v) is 12.7. The zero-order valence-electron chi connectivity index (χ0n) is 20.1. The van der Waals surface area contributed by atoms with Crippen molar-refractivity contribution < 1.29 is 0 Å². The van der Waals surface area contributed by atoms with Crippen LogP contribution in [0.4, 0.5) is 0 Å². The third kappa shape index (κ3) is 2.84. The molecule has 2 heteroatoms. The molecule has 0 saturated carbocycles. The monoisotopic (exact) mass is 470 g/mol. The number of fused-ring (bicyclic) bond motifs is 10. The molecule has 0 aliphatic heterocycles. The maximum Gasteiger partial charge on any atom is 0.137 e. The van der Waals surface area contributed by atoms with Crippen LogP contribution in [0, 0.1) is 0 Å². The van der Waals surface area contributed by atoms with Crippen LogP contribution in [0.25, 0.3) is 71.1 Å². The summed E-state index contributed by atoms with van der Waals surface area (Å²) in [6, 6.07) is 45.7. The van der Waals surface area contributed by atoms with Gasteiger partial charge >= 0.3 is 0 Å². The van der Waals surface area contributed by atoms with Crippen molar-refractivity contribution in [3.05, 3.63) is 134 Å². The van der Waals surface area contributed by atoms with Gasteiger partial charge in [0.05, 0.1) is 11.0 Å². The van der Waals surface area contributed by atoms with Gasteiger partial charge < -0.3 is 0 Å². The molecular weight excluding hydrogens is 448 g/mol. The molecule has 2 aromatic heterocycles. The summed E-state index contributed by atoms with van der Waals surface area (Å²) in [7, 11) is 0. The van der Waals surface area contributed by atoms with Gasteiger partial charge in [-0.1, -0.05) is 103 Å². The summed E-state index contributed by atoms with van der Waals surface area (Å²) < 4.78 is 2.34. The normalized spacial score (nSPS) is 11.8. The number of rotatable bonds is 2. The number of aromatic nitrogens is 2. The van der Waals surface area contributed by atoms with Crippen LogP contribution >= 0.6 is 0 Å². The summed E-state index contributed by atoms with van der Waals surface area (Å²) in [5.41, 5.74) is 4.88. The zero-order valence-corrected chi connectivity index (χ0v) is 20.1. The molecule has 6 aromatic carbocycles. The number of hydrogen-bond donors (Lipinski definition) is 0. The van der Waals surface area contributed by atoms with Gasteiger partial charge in [0, 0.05) is 27.7 Å². The highest BCUT2D eigenvalue weighted by Gasteiger charge is 2.21. The van der Waals surface area contributed by atoms with E-state index in [1.54, 1.807) is 0 Å². The van der Waals surface area contributed by atoms with Gasteiger partial charge in [-0.25, -0.2) is 4.98 Å². The van der Waals surface area contributed by atoms with Gasteiger partial charge in [0.15, 0.2) is 0 Å². The molecule has 172 valence electrons. The van der Waals surface area contributed by atoms with Crippen molar-refractivity contribution in [1.82, 2.24) is 9.55 Å². The lowest BCUT2D eigenvalue weighted by molar-refractivity contribution is 1.08. The van der Waals surface area contributed by atoms with E-state index in [4.69, 9.17) is 4.98 Å². The van der Waals surface area contributed by atoms with Crippen molar-refractivity contribution in [2.75, 3.05) is 0 Å². The number of para-hydroxylation sites is 1. The fourth-order valence-electron chi connectivity index (χ4n) is 6.11. The lowest BCUT2D eigenvalue weighted by Crippen LogP contribution is -1.97. The Kier molecular flexibility index (Phi) is 4.26. The molecule has 0 saturated heterocycles. The highest BCUT2D eigenvalue weighted by Crippen LogP contribution is 2.46. The Hall–Kier alpha value is -4.95. The van der Waals surface area contributed by atoms with Crippen LogP contribution in [0.2, 0.25) is 0 Å². The number of nitrogens with zero attached hydrogens (tertiary/aromatic N) is 2. The smallest absolute Gasteiger partial charge is 0.137 e. The van der Waals surface area contributed by atoms with Crippen LogP contribution in [0.15, 0.2) is 134 Å². The quantitative estimate of drug-likeness (QED) is 0.230. The SMILES string of the molecule is c1ccc(-c2cc3c4ccccc4c4c(c5ccccc5n4-c4ccccn4)c3c3ccccc23)cc1. The van der Waals surface area contributed by atoms with Crippen LogP contribution in [-0.2, 0) is 0 Å². The average Bonchev–Trinajstić information content (AvgIpc) is 3.33. The Morgan fingerprint density at radius 2 is 1.11 bits per heavy atom. The molecule has 0 N–H and O–H groups in total. The maximum absolute atomic E-state index is 4.79. The first kappa shape index (κ1) is 20.3. The van der Waals surface area contributed by atoms with E-state index in [0.717, 1.165) is 5.82 Å². The van der Waals surface area contributed by atoms with E-state index in [-0.39, 0.29) is 0 Å². The predicted octanol–water partition coefficient (Wildman–Crippen LogP) is 9.31. The largest absolute Gasteiger partial charge is 0.293 e. The molecular formula is C35H22N2. The average molecular weight is 471 g/mol. The molecule has 2 nitrogen and oxygen atoms in total. The summed E-state index contributed by atoms with van der Waals surface area (Å²) in [5.74, 6) is 0.934. The van der Waals surface area contributed by atoms with Gasteiger partial charge in [-0.15, -0.1) is 0 Å². The van der Waals surface area contributed by atoms with E-state index >= 15 is 0 Å². The van der Waals surface area contributed by atoms with Gasteiger partial charge in [0.2, 0.25) is 0 Å². The van der Waals surface area contributed by atoms with Crippen LogP contribution in [0.1, 0.15) is 0 Å². The van der Waals surface area contributed by atoms with E-state index < -0.39 is 0 Å². The Morgan fingerprint density at radius 1 is 0.459 bits per heavy atom. The highest BCUT2D eigenvalue weighted by atomic mass is 15.1. The fourth-order valence-corrected chi connectivity index (χ4v) is 6.11. The Morgan fingerprint density at radius 3 is 1.89 bits per heavy atom. The van der Waals surface area contributed by atoms with Crippen LogP contribution in [0.3, 0.4) is 0 Å². The zero-order chi connectivity index (χ0) is 24.3. The van der Waals surface area contributed by atoms with Gasteiger partial charge in [-0.3, -0.25) is 4.57 Å². The molecule has 0 fully saturated rings. The molecule has 0 spiro atoms. The van der Waals surface area contributed by atoms with Crippen LogP contribution in [-0.4, -0.2) is 9.55 Å². The minimum Gasteiger partial charge on any atom is -0.293 e. The van der Waals surface area contributed by atoms with Crippen molar-refractivity contribution in [2.45, 2.75) is 0 Å². The fraction of sp³-hybridized carbons (Fsp3) is 0. The van der Waals surface area contributed by atoms with E-state index in [1.165, 1.54) is 65.3 Å². The molecule has 0 aliphatic rings. The second kappa shape index (κ2) is 7.78. The third-order valence-electron chi connectivity index (χ3n) is 7.60. The standard InChI is InChI=1S/C35H22N2/c1-2-12-23(13-3-1)29-22-30-25-15-5-7-17-27(25)35-34(33(30)26-16-6-4-14-24(26)29)28-18-8-9-19-31(28)37(35)32-20-10-11-21-36-32/h1-22H. The first-order chi connectivity index (χ1) is 18.4. The van der Waals surface area contributed by atoms with Gasteiger partial charge in [0.1, 0.15) is 5.82 Å². The summed E-state index contributed by atoms with van der Waals surface area (Å²) in [4.78, 5) is 4.79. The van der Waals surface area contributed by atoms with E-state index in [2.05, 4.69) is 126 Å². The number of benzene rings is 6. The molecule has 0 aliphatic carbocycles. The van der Waals surface area contributed by atoms with E-state index in [0.29, 0.717) is 0 Å². The topological polar surface area (TPSA) is 17.8 Å². The van der Waals surface area contributed by atoms with Crippen molar-refractivity contribution in [3.8, 4) is 16.9 Å². The molecule has 0 radical (unpaired) electrons. The molecule has 2 heterocycles. The minimum atomic E-state index is 0.934. The molecule has 0 atom stereocenters. The Bertz CT molecular complexity index is 2120. The molecule has 0 amide bonds. The van der Waals surface area contributed by atoms with Gasteiger partial charge in [-0.05, 0) is 56.9 Å². The summed E-state index contributed by atoms with van der Waals surface area (Å²) in [6.45, 7) is 0. The maximum atomic E-state index is 4.79. The molecule has 37 heavy (non-hydrogen) atoms. The van der Waals surface area contributed by atoms with Crippen LogP contribution < -0.4 is 0 Å². The summed E-state index contributed by atoms with van der Waals surface area (Å²) in [5, 5.41) is 10.2. The van der Waals surface area contributed by atoms with Crippen molar-refractivity contribution in [2.24, 2.45) is 0 Å². The highest BCUT2D eigenvalue weighted by molar-refractivity contribution is 6.37. The van der Waals surface area contributed by atoms with Crippen molar-refractivity contribution in [3.63, 3.8) is 0 Å². The van der Waals surface area contributed by atoms with Crippen molar-refractivity contribution >= 4 is 54.1 Å². The summed E-state index contributed by atoms with van der Waals surface area (Å²) in [6.07, 6.45) is 1.88. The lowest BCUT2D eigenvalue weighted by atomic mass is 9.88. The van der Waals surface area contributed by atoms with E-state index in [1.807, 2.05) is 12.3 Å². The van der Waals surface area contributed by atoms with Gasteiger partial charge in [0.25, 0.3) is 0 Å². The Balaban J connectivity index is 1.71. The molecule has 0 bridgehead atoms. The minimum absolute atomic E-state index is 0.934. The predicted molar refractivity (Wildman–Crippen MR) is 157 cm³/mol. The molecule has 0 unspecified atom stereocenters.